The molecule has 0 rings (SSSR count). The molecule has 0 aromatic rings. The number of halogens is 3. The minimum Gasteiger partial charge on any atom is -1.00 e. The van der Waals surface area contributed by atoms with Gasteiger partial charge in [0.1, 0.15) is 0 Å². The second kappa shape index (κ2) is 10.4. The molecule has 0 saturated heterocycles. The molecule has 37 valence electrons. The van der Waals surface area contributed by atoms with Gasteiger partial charge in [0.2, 0.25) is 0 Å². The molecular formula is H3BCl3CoNa. The number of hydrogen-bond donors (Lipinski definition) is 0. The van der Waals surface area contributed by atoms with Crippen molar-refractivity contribution in [3.05, 3.63) is 0 Å². The summed E-state index contributed by atoms with van der Waals surface area (Å²) in [5.41, 5.74) is 0. The predicted molar refractivity (Wildman–Crippen MR) is 26.6 cm³/mol. The molecule has 1 radical (unpaired) electrons. The topological polar surface area (TPSA) is 0 Å². The second-order valence-electron chi connectivity index (χ2n) is 0.247. The van der Waals surface area contributed by atoms with E-state index in [0.717, 1.165) is 0 Å². The SMILES string of the molecule is ClB(Cl)Cl.[Co+2].[H-].[H-].[H-].[Na+]. The van der Waals surface area contributed by atoms with Gasteiger partial charge in [0.15, 0.2) is 0 Å². The third kappa shape index (κ3) is 32.0. The van der Waals surface area contributed by atoms with Crippen LogP contribution in [0.25, 0.3) is 0 Å². The van der Waals surface area contributed by atoms with Gasteiger partial charge < -0.3 is 4.28 Å². The van der Waals surface area contributed by atoms with Crippen molar-refractivity contribution in [1.82, 2.24) is 0 Å². The van der Waals surface area contributed by atoms with Crippen molar-refractivity contribution in [2.45, 2.75) is 0 Å². The van der Waals surface area contributed by atoms with Gasteiger partial charge in [0, 0.05) is 0 Å². The van der Waals surface area contributed by atoms with Gasteiger partial charge in [-0.25, -0.2) is 0 Å². The maximum absolute atomic E-state index is 4.81. The zero-order valence-electron chi connectivity index (χ0n) is 6.04. The fourth-order valence-corrected chi connectivity index (χ4v) is 0. The van der Waals surface area contributed by atoms with Gasteiger partial charge in [-0.1, -0.05) is 0 Å². The summed E-state index contributed by atoms with van der Waals surface area (Å²) in [6.45, 7) is 0. The summed E-state index contributed by atoms with van der Waals surface area (Å²) in [7, 11) is 0. The summed E-state index contributed by atoms with van der Waals surface area (Å²) in [6.07, 6.45) is 0. The minimum absolute atomic E-state index is 0. The van der Waals surface area contributed by atoms with Gasteiger partial charge in [-0.3, -0.25) is 0 Å². The van der Waals surface area contributed by atoms with Gasteiger partial charge >= 0.3 is 51.3 Å². The van der Waals surface area contributed by atoms with E-state index in [1.165, 1.54) is 0 Å². The molecule has 0 bridgehead atoms. The van der Waals surface area contributed by atoms with Crippen LogP contribution in [-0.4, -0.2) is 4.96 Å². The molecule has 0 aromatic heterocycles. The average molecular weight is 202 g/mol. The van der Waals surface area contributed by atoms with E-state index in [-0.39, 0.29) is 50.6 Å². The van der Waals surface area contributed by atoms with E-state index in [4.69, 9.17) is 34.4 Å². The largest absolute Gasteiger partial charge is 2.00 e. The smallest absolute Gasteiger partial charge is 1.00 e. The summed E-state index contributed by atoms with van der Waals surface area (Å²) in [5.74, 6) is 0. The zero-order valence-corrected chi connectivity index (χ0v) is 8.35. The van der Waals surface area contributed by atoms with E-state index in [9.17, 15) is 0 Å². The summed E-state index contributed by atoms with van der Waals surface area (Å²) >= 11 is 14.4. The summed E-state index contributed by atoms with van der Waals surface area (Å²) in [4.78, 5) is -0.750. The van der Waals surface area contributed by atoms with Gasteiger partial charge in [-0.2, -0.15) is 34.4 Å². The molecule has 0 aromatic carbocycles. The summed E-state index contributed by atoms with van der Waals surface area (Å²) in [6, 6.07) is 0. The molecule has 0 saturated carbocycles. The molecule has 6 heteroatoms. The first-order chi connectivity index (χ1) is 1.73. The van der Waals surface area contributed by atoms with Gasteiger partial charge in [0.25, 0.3) is 0 Å². The predicted octanol–water partition coefficient (Wildman–Crippen LogP) is -0.973. The molecule has 0 heterocycles. The first kappa shape index (κ1) is 15.8. The van der Waals surface area contributed by atoms with Crippen LogP contribution in [0.3, 0.4) is 0 Å². The zero-order chi connectivity index (χ0) is 3.58. The molecule has 0 aliphatic rings. The third-order valence-electron chi connectivity index (χ3n) is 0. The molecule has 0 aliphatic carbocycles. The van der Waals surface area contributed by atoms with Crippen molar-refractivity contribution in [2.75, 3.05) is 0 Å². The van der Waals surface area contributed by atoms with Crippen LogP contribution in [0.1, 0.15) is 4.28 Å². The molecule has 6 heavy (non-hydrogen) atoms. The van der Waals surface area contributed by atoms with E-state index >= 15 is 0 Å². The van der Waals surface area contributed by atoms with Crippen molar-refractivity contribution in [3.8, 4) is 0 Å². The molecule has 0 atom stereocenters. The number of hydrogen-bond acceptors (Lipinski definition) is 0. The Morgan fingerprint density at radius 1 is 1.17 bits per heavy atom. The molecular weight excluding hydrogens is 199 g/mol. The first-order valence-corrected chi connectivity index (χ1v) is 1.96. The number of rotatable bonds is 0. The maximum atomic E-state index is 4.81. The van der Waals surface area contributed by atoms with Crippen LogP contribution in [0.5, 0.6) is 0 Å². The van der Waals surface area contributed by atoms with E-state index in [2.05, 4.69) is 0 Å². The quantitative estimate of drug-likeness (QED) is 0.443. The van der Waals surface area contributed by atoms with Crippen LogP contribution in [-0.2, 0) is 16.8 Å². The fourth-order valence-electron chi connectivity index (χ4n) is 0. The third-order valence-corrected chi connectivity index (χ3v) is 0. The molecule has 0 spiro atoms. The van der Waals surface area contributed by atoms with Crippen molar-refractivity contribution >= 4 is 39.3 Å². The Morgan fingerprint density at radius 3 is 1.17 bits per heavy atom. The summed E-state index contributed by atoms with van der Waals surface area (Å²) < 4.78 is 0. The molecule has 0 fully saturated rings. The van der Waals surface area contributed by atoms with Gasteiger partial charge in [-0.15, -0.1) is 0 Å². The van der Waals surface area contributed by atoms with Crippen molar-refractivity contribution in [3.63, 3.8) is 0 Å². The van der Waals surface area contributed by atoms with E-state index in [1.54, 1.807) is 0 Å². The van der Waals surface area contributed by atoms with E-state index in [0.29, 0.717) is 0 Å². The Hall–Kier alpha value is 2.44. The maximum Gasteiger partial charge on any atom is 2.00 e. The van der Waals surface area contributed by atoms with E-state index in [1.807, 2.05) is 0 Å². The normalized spacial score (nSPS) is 4.50. The second-order valence-corrected chi connectivity index (χ2v) is 2.23. The Balaban J connectivity index is -0.00000000450. The average Bonchev–Trinajstić information content (AvgIpc) is 0.811. The van der Waals surface area contributed by atoms with Gasteiger partial charge in [-0.05, 0) is 0 Å². The van der Waals surface area contributed by atoms with Crippen molar-refractivity contribution < 1.29 is 50.6 Å². The molecule has 0 unspecified atom stereocenters. The van der Waals surface area contributed by atoms with Crippen LogP contribution in [0, 0.1) is 0 Å². The Kier molecular flexibility index (Phi) is 27.4. The van der Waals surface area contributed by atoms with E-state index < -0.39 is 4.96 Å². The monoisotopic (exact) mass is 201 g/mol. The minimum atomic E-state index is -0.750. The van der Waals surface area contributed by atoms with Crippen LogP contribution in [0.4, 0.5) is 0 Å². The van der Waals surface area contributed by atoms with Gasteiger partial charge in [0.05, 0.1) is 0 Å². The Morgan fingerprint density at radius 2 is 1.17 bits per heavy atom. The van der Waals surface area contributed by atoms with Crippen molar-refractivity contribution in [1.29, 1.82) is 0 Å². The standard InChI is InChI=1S/BCl3.Co.Na.3H/c2-1(3)4;;;;;/q;+2;+1;3*-1. The first-order valence-electron chi connectivity index (χ1n) is 0.655. The van der Waals surface area contributed by atoms with Crippen LogP contribution >= 0.6 is 34.4 Å². The van der Waals surface area contributed by atoms with Crippen LogP contribution < -0.4 is 29.6 Å². The molecule has 0 amide bonds. The molecule has 0 aliphatic heterocycles. The van der Waals surface area contributed by atoms with Crippen LogP contribution in [0.2, 0.25) is 0 Å². The summed E-state index contributed by atoms with van der Waals surface area (Å²) in [5, 5.41) is 0. The Labute approximate surface area is 89.0 Å². The molecule has 0 nitrogen and oxygen atoms in total. The molecule has 0 N–H and O–H groups in total. The Bertz CT molecular complexity index is 23.8. The fraction of sp³-hybridized carbons (Fsp3) is 0. The van der Waals surface area contributed by atoms with Crippen molar-refractivity contribution in [2.24, 2.45) is 0 Å². The van der Waals surface area contributed by atoms with Crippen LogP contribution in [0.15, 0.2) is 0 Å².